The van der Waals surface area contributed by atoms with Gasteiger partial charge in [0.25, 0.3) is 0 Å². The van der Waals surface area contributed by atoms with Gasteiger partial charge in [0.2, 0.25) is 0 Å². The summed E-state index contributed by atoms with van der Waals surface area (Å²) in [5.74, 6) is 3.66. The van der Waals surface area contributed by atoms with Crippen LogP contribution in [0.5, 0.6) is 11.5 Å². The third kappa shape index (κ3) is 4.54. The SMILES string of the molecule is c1ccc(-c2nc(-c3ccccc3)nc(-c3cccc4c3c3cc5c(cc3n4-c3ccccc3)C3(c4ccccc4Oc4ccccc43)c3ccccc3-5)n2)cc1. The lowest BCUT2D eigenvalue weighted by atomic mass is 9.66. The maximum Gasteiger partial charge on any atom is 0.164 e. The molecule has 0 saturated heterocycles. The van der Waals surface area contributed by atoms with E-state index in [1.165, 1.54) is 22.3 Å². The lowest BCUT2D eigenvalue weighted by Crippen LogP contribution is -2.32. The molecular weight excluding hydrogens is 697 g/mol. The molecule has 0 amide bonds. The summed E-state index contributed by atoms with van der Waals surface area (Å²) in [5, 5.41) is 2.22. The zero-order chi connectivity index (χ0) is 37.5. The highest BCUT2D eigenvalue weighted by Gasteiger charge is 2.51. The number of hydrogen-bond acceptors (Lipinski definition) is 4. The van der Waals surface area contributed by atoms with Gasteiger partial charge in [0, 0.05) is 44.3 Å². The van der Waals surface area contributed by atoms with Crippen LogP contribution in [0.15, 0.2) is 194 Å². The molecule has 1 spiro atoms. The van der Waals surface area contributed by atoms with Crippen molar-refractivity contribution in [2.45, 2.75) is 5.41 Å². The fourth-order valence-corrected chi connectivity index (χ4v) is 9.38. The van der Waals surface area contributed by atoms with Crippen LogP contribution in [-0.4, -0.2) is 19.5 Å². The Hall–Kier alpha value is -7.63. The van der Waals surface area contributed by atoms with Crippen LogP contribution in [0.4, 0.5) is 0 Å². The summed E-state index contributed by atoms with van der Waals surface area (Å²) in [7, 11) is 0. The van der Waals surface area contributed by atoms with Gasteiger partial charge < -0.3 is 9.30 Å². The van der Waals surface area contributed by atoms with Crippen molar-refractivity contribution in [3.05, 3.63) is 216 Å². The van der Waals surface area contributed by atoms with Crippen molar-refractivity contribution in [1.29, 1.82) is 0 Å². The Bertz CT molecular complexity index is 3110. The van der Waals surface area contributed by atoms with E-state index in [9.17, 15) is 0 Å². The van der Waals surface area contributed by atoms with Gasteiger partial charge in [-0.25, -0.2) is 15.0 Å². The molecule has 12 rings (SSSR count). The summed E-state index contributed by atoms with van der Waals surface area (Å²) in [4.78, 5) is 15.5. The highest BCUT2D eigenvalue weighted by molar-refractivity contribution is 6.17. The molecule has 0 radical (unpaired) electrons. The quantitative estimate of drug-likeness (QED) is 0.181. The number of fused-ring (bicyclic) bond motifs is 12. The lowest BCUT2D eigenvalue weighted by Gasteiger charge is -2.39. The summed E-state index contributed by atoms with van der Waals surface area (Å²) in [6, 6.07) is 68.3. The molecule has 0 atom stereocenters. The van der Waals surface area contributed by atoms with Crippen LogP contribution in [0.25, 0.3) is 72.8 Å². The van der Waals surface area contributed by atoms with Gasteiger partial charge in [-0.1, -0.05) is 152 Å². The summed E-state index contributed by atoms with van der Waals surface area (Å²) >= 11 is 0. The standard InChI is InChI=1S/C52H32N4O/c1-4-17-33(18-5-1)49-53-50(34-19-6-2-7-20-34)55-51(54-49)37-24-16-28-44-48(37)39-31-38-36-23-10-11-25-40(36)52(43(38)32-45(39)56(44)35-21-8-3-9-22-35)41-26-12-14-29-46(41)57-47-30-15-13-27-42(47)52/h1-32H. The van der Waals surface area contributed by atoms with E-state index < -0.39 is 5.41 Å². The van der Waals surface area contributed by atoms with Gasteiger partial charge in [-0.2, -0.15) is 0 Å². The maximum atomic E-state index is 6.65. The first-order valence-corrected chi connectivity index (χ1v) is 19.3. The van der Waals surface area contributed by atoms with Crippen LogP contribution in [0.1, 0.15) is 22.3 Å². The average molecular weight is 729 g/mol. The monoisotopic (exact) mass is 728 g/mol. The number of para-hydroxylation sites is 3. The zero-order valence-electron chi connectivity index (χ0n) is 30.7. The van der Waals surface area contributed by atoms with Gasteiger partial charge in [-0.15, -0.1) is 0 Å². The van der Waals surface area contributed by atoms with Crippen LogP contribution in [0.2, 0.25) is 0 Å². The van der Waals surface area contributed by atoms with Crippen molar-refractivity contribution >= 4 is 21.8 Å². The van der Waals surface area contributed by atoms with Crippen molar-refractivity contribution in [3.63, 3.8) is 0 Å². The van der Waals surface area contributed by atoms with E-state index in [0.717, 1.165) is 66.8 Å². The van der Waals surface area contributed by atoms with E-state index in [1.807, 2.05) is 36.4 Å². The van der Waals surface area contributed by atoms with Crippen LogP contribution in [-0.2, 0) is 5.41 Å². The highest BCUT2D eigenvalue weighted by atomic mass is 16.5. The molecule has 0 fully saturated rings. The third-order valence-corrected chi connectivity index (χ3v) is 11.7. The first-order valence-electron chi connectivity index (χ1n) is 19.3. The molecule has 8 aromatic carbocycles. The van der Waals surface area contributed by atoms with E-state index in [4.69, 9.17) is 19.7 Å². The Morgan fingerprint density at radius 3 is 1.56 bits per heavy atom. The Morgan fingerprint density at radius 1 is 0.386 bits per heavy atom. The molecule has 0 unspecified atom stereocenters. The fraction of sp³-hybridized carbons (Fsp3) is 0.0192. The summed E-state index contributed by atoms with van der Waals surface area (Å²) in [6.45, 7) is 0. The first kappa shape index (κ1) is 31.7. The van der Waals surface area contributed by atoms with Crippen LogP contribution >= 0.6 is 0 Å². The summed E-state index contributed by atoms with van der Waals surface area (Å²) in [6.07, 6.45) is 0. The minimum atomic E-state index is -0.588. The number of ether oxygens (including phenoxy) is 1. The van der Waals surface area contributed by atoms with Crippen molar-refractivity contribution < 1.29 is 4.74 Å². The van der Waals surface area contributed by atoms with Crippen molar-refractivity contribution in [1.82, 2.24) is 19.5 Å². The topological polar surface area (TPSA) is 52.8 Å². The molecule has 0 bridgehead atoms. The lowest BCUT2D eigenvalue weighted by molar-refractivity contribution is 0.436. The van der Waals surface area contributed by atoms with E-state index >= 15 is 0 Å². The number of benzene rings is 8. The molecule has 10 aromatic rings. The molecule has 0 saturated carbocycles. The Kier molecular flexibility index (Phi) is 6.78. The molecule has 57 heavy (non-hydrogen) atoms. The van der Waals surface area contributed by atoms with Crippen LogP contribution < -0.4 is 4.74 Å². The molecule has 0 N–H and O–H groups in total. The molecule has 2 aliphatic rings. The summed E-state index contributed by atoms with van der Waals surface area (Å²) in [5.41, 5.74) is 12.7. The second-order valence-corrected chi connectivity index (χ2v) is 14.7. The number of rotatable bonds is 4. The van der Waals surface area contributed by atoms with Crippen molar-refractivity contribution in [3.8, 4) is 62.5 Å². The van der Waals surface area contributed by atoms with Gasteiger partial charge in [0.05, 0.1) is 16.4 Å². The number of aromatic nitrogens is 4. The molecule has 5 nitrogen and oxygen atoms in total. The van der Waals surface area contributed by atoms with E-state index in [2.05, 4.69) is 162 Å². The third-order valence-electron chi connectivity index (χ3n) is 11.7. The highest BCUT2D eigenvalue weighted by Crippen LogP contribution is 2.62. The van der Waals surface area contributed by atoms with Crippen molar-refractivity contribution in [2.24, 2.45) is 0 Å². The largest absolute Gasteiger partial charge is 0.457 e. The minimum Gasteiger partial charge on any atom is -0.457 e. The minimum absolute atomic E-state index is 0.588. The molecule has 1 aliphatic heterocycles. The van der Waals surface area contributed by atoms with Crippen LogP contribution in [0, 0.1) is 0 Å². The van der Waals surface area contributed by atoms with Gasteiger partial charge in [0.1, 0.15) is 11.5 Å². The Balaban J connectivity index is 1.21. The summed E-state index contributed by atoms with van der Waals surface area (Å²) < 4.78 is 9.05. The number of nitrogens with zero attached hydrogens (tertiary/aromatic N) is 4. The fourth-order valence-electron chi connectivity index (χ4n) is 9.38. The molecule has 3 heterocycles. The maximum absolute atomic E-state index is 6.65. The van der Waals surface area contributed by atoms with E-state index in [-0.39, 0.29) is 0 Å². The zero-order valence-corrected chi connectivity index (χ0v) is 30.7. The average Bonchev–Trinajstić information content (AvgIpc) is 3.76. The van der Waals surface area contributed by atoms with E-state index in [1.54, 1.807) is 0 Å². The Labute approximate surface area is 329 Å². The van der Waals surface area contributed by atoms with Crippen molar-refractivity contribution in [2.75, 3.05) is 0 Å². The predicted molar refractivity (Wildman–Crippen MR) is 228 cm³/mol. The molecule has 266 valence electrons. The van der Waals surface area contributed by atoms with Gasteiger partial charge in [-0.3, -0.25) is 0 Å². The van der Waals surface area contributed by atoms with Gasteiger partial charge in [-0.05, 0) is 64.7 Å². The van der Waals surface area contributed by atoms with E-state index in [0.29, 0.717) is 17.5 Å². The van der Waals surface area contributed by atoms with Crippen LogP contribution in [0.3, 0.4) is 0 Å². The Morgan fingerprint density at radius 2 is 0.912 bits per heavy atom. The van der Waals surface area contributed by atoms with Gasteiger partial charge >= 0.3 is 0 Å². The number of hydrogen-bond donors (Lipinski definition) is 0. The molecule has 2 aromatic heterocycles. The second kappa shape index (κ2) is 12.2. The smallest absolute Gasteiger partial charge is 0.164 e. The predicted octanol–water partition coefficient (Wildman–Crippen LogP) is 12.4. The van der Waals surface area contributed by atoms with Gasteiger partial charge in [0.15, 0.2) is 17.5 Å². The second-order valence-electron chi connectivity index (χ2n) is 14.7. The molecule has 5 heteroatoms. The normalized spacial score (nSPS) is 13.2. The molecule has 1 aliphatic carbocycles. The molecular formula is C52H32N4O. The first-order chi connectivity index (χ1) is 28.3.